The van der Waals surface area contributed by atoms with Gasteiger partial charge in [-0.3, -0.25) is 29.0 Å². The van der Waals surface area contributed by atoms with Crippen molar-refractivity contribution >= 4 is 59.1 Å². The highest BCUT2D eigenvalue weighted by Gasteiger charge is 2.33. The minimum Gasteiger partial charge on any atom is -0.496 e. The summed E-state index contributed by atoms with van der Waals surface area (Å²) >= 11 is 3.08. The van der Waals surface area contributed by atoms with E-state index in [1.165, 1.54) is 23.5 Å². The van der Waals surface area contributed by atoms with Gasteiger partial charge in [0.05, 0.1) is 40.0 Å². The Bertz CT molecular complexity index is 2200. The molecule has 2 aliphatic rings. The molecule has 0 unspecified atom stereocenters. The smallest absolute Gasteiger partial charge is 0.326 e. The molecule has 4 heterocycles. The lowest BCUT2D eigenvalue weighted by Gasteiger charge is -2.31. The van der Waals surface area contributed by atoms with E-state index in [2.05, 4.69) is 30.6 Å². The Morgan fingerprint density at radius 2 is 1.08 bits per heavy atom. The summed E-state index contributed by atoms with van der Waals surface area (Å²) in [6, 6.07) is 13.3. The number of carbonyl (C=O) groups excluding carboxylic acids is 4. The Hall–Kier alpha value is -6.10. The van der Waals surface area contributed by atoms with E-state index in [1.807, 2.05) is 80.6 Å². The van der Waals surface area contributed by atoms with Crippen molar-refractivity contribution in [3.05, 3.63) is 96.1 Å². The van der Waals surface area contributed by atoms with E-state index in [0.29, 0.717) is 89.3 Å². The molecule has 74 heavy (non-hydrogen) atoms. The van der Waals surface area contributed by atoms with Crippen molar-refractivity contribution < 1.29 is 48.5 Å². The van der Waals surface area contributed by atoms with Gasteiger partial charge in [-0.1, -0.05) is 36.4 Å². The lowest BCUT2D eigenvalue weighted by atomic mass is 10.1. The van der Waals surface area contributed by atoms with Crippen molar-refractivity contribution in [1.82, 2.24) is 50.2 Å². The van der Waals surface area contributed by atoms with Crippen LogP contribution >= 0.6 is 23.5 Å². The summed E-state index contributed by atoms with van der Waals surface area (Å²) in [5.41, 5.74) is 3.69. The maximum absolute atomic E-state index is 13.0. The fourth-order valence-electron chi connectivity index (χ4n) is 9.31. The average Bonchev–Trinajstić information content (AvgIpc) is 4.26. The van der Waals surface area contributed by atoms with E-state index in [9.17, 15) is 39.0 Å². The number of ether oxygens (including phenoxy) is 2. The van der Waals surface area contributed by atoms with E-state index >= 15 is 0 Å². The Balaban J connectivity index is 0.000000274. The quantitative estimate of drug-likeness (QED) is 0.0425. The second-order valence-electron chi connectivity index (χ2n) is 18.4. The van der Waals surface area contributed by atoms with Gasteiger partial charge >= 0.3 is 11.9 Å². The minimum absolute atomic E-state index is 0.0216. The molecule has 2 aromatic heterocycles. The number of imidazole rings is 2. The number of rotatable bonds is 30. The number of hydrogen-bond acceptors (Lipinski definition) is 14. The summed E-state index contributed by atoms with van der Waals surface area (Å²) < 4.78 is 11.0. The van der Waals surface area contributed by atoms with Crippen LogP contribution in [0.5, 0.6) is 11.5 Å². The highest BCUT2D eigenvalue weighted by molar-refractivity contribution is 7.98. The fourth-order valence-corrected chi connectivity index (χ4v) is 10.3. The standard InChI is InChI=1S/2C26H37N5O5S/c2*1-36-23-8-4-3-6-19(23)15-30(17-24(32)29-22(26(34)35)11-13-37-2)16-21-7-5-12-31(21)25(33)10-9-20-14-27-18-28-20/h2*3-4,6,8,14,18,21-22H,5,7,9-13,15-17H2,1-2H3,(H,27,28)(H,29,32)(H,34,35)/t2*21-,22-/m00/s1. The molecule has 2 saturated heterocycles. The van der Waals surface area contributed by atoms with Crippen molar-refractivity contribution in [2.24, 2.45) is 0 Å². The van der Waals surface area contributed by atoms with Crippen molar-refractivity contribution in [2.75, 3.05) is 77.5 Å². The number of thioether (sulfide) groups is 2. The molecule has 0 saturated carbocycles. The van der Waals surface area contributed by atoms with Gasteiger partial charge in [0, 0.05) is 99.1 Å². The Morgan fingerprint density at radius 3 is 1.43 bits per heavy atom. The average molecular weight is 1060 g/mol. The molecule has 0 bridgehead atoms. The van der Waals surface area contributed by atoms with Gasteiger partial charge in [0.25, 0.3) is 0 Å². The molecule has 0 aliphatic carbocycles. The molecule has 404 valence electrons. The minimum atomic E-state index is -1.04. The van der Waals surface area contributed by atoms with E-state index in [0.717, 1.165) is 59.7 Å². The van der Waals surface area contributed by atoms with Crippen LogP contribution in [-0.4, -0.2) is 187 Å². The molecular formula is C52H74N10O10S2. The fraction of sp³-hybridized carbons (Fsp3) is 0.538. The molecule has 20 nitrogen and oxygen atoms in total. The summed E-state index contributed by atoms with van der Waals surface area (Å²) in [6.07, 6.45) is 16.7. The third-order valence-corrected chi connectivity index (χ3v) is 14.3. The first-order valence-electron chi connectivity index (χ1n) is 25.1. The van der Waals surface area contributed by atoms with E-state index in [-0.39, 0.29) is 48.8 Å². The first kappa shape index (κ1) is 58.8. The molecule has 2 fully saturated rings. The number of nitrogens with one attached hydrogen (secondary N) is 4. The molecule has 6 rings (SSSR count). The van der Waals surface area contributed by atoms with E-state index in [4.69, 9.17) is 9.47 Å². The number of para-hydroxylation sites is 2. The number of nitrogens with zero attached hydrogens (tertiary/aromatic N) is 6. The van der Waals surface area contributed by atoms with Crippen LogP contribution in [0.3, 0.4) is 0 Å². The maximum Gasteiger partial charge on any atom is 0.326 e. The molecule has 0 spiro atoms. The van der Waals surface area contributed by atoms with Gasteiger partial charge in [0.1, 0.15) is 23.6 Å². The third kappa shape index (κ3) is 19.3. The second kappa shape index (κ2) is 31.6. The first-order valence-corrected chi connectivity index (χ1v) is 27.8. The zero-order valence-electron chi connectivity index (χ0n) is 43.0. The van der Waals surface area contributed by atoms with Crippen molar-refractivity contribution in [3.8, 4) is 11.5 Å². The number of amides is 4. The van der Waals surface area contributed by atoms with Gasteiger partial charge in [-0.25, -0.2) is 19.6 Å². The summed E-state index contributed by atoms with van der Waals surface area (Å²) in [5, 5.41) is 24.4. The van der Waals surface area contributed by atoms with Crippen LogP contribution in [0.2, 0.25) is 0 Å². The third-order valence-electron chi connectivity index (χ3n) is 13.1. The maximum atomic E-state index is 13.0. The molecule has 6 N–H and O–H groups in total. The normalized spacial score (nSPS) is 16.1. The molecule has 4 atom stereocenters. The van der Waals surface area contributed by atoms with E-state index in [1.54, 1.807) is 39.3 Å². The van der Waals surface area contributed by atoms with Gasteiger partial charge in [0.2, 0.25) is 23.6 Å². The van der Waals surface area contributed by atoms with Crippen LogP contribution in [0.25, 0.3) is 0 Å². The molecule has 4 aromatic rings. The topological polar surface area (TPSA) is 256 Å². The molecule has 2 aliphatic heterocycles. The Morgan fingerprint density at radius 1 is 0.676 bits per heavy atom. The number of carboxylic acid groups (broad SMARTS) is 2. The van der Waals surface area contributed by atoms with Gasteiger partial charge in [-0.15, -0.1) is 0 Å². The molecule has 0 radical (unpaired) electrons. The number of hydrogen-bond donors (Lipinski definition) is 6. The predicted octanol–water partition coefficient (Wildman–Crippen LogP) is 4.33. The highest BCUT2D eigenvalue weighted by atomic mass is 32.2. The van der Waals surface area contributed by atoms with Gasteiger partial charge < -0.3 is 50.1 Å². The zero-order valence-corrected chi connectivity index (χ0v) is 44.7. The van der Waals surface area contributed by atoms with Crippen LogP contribution in [0, 0.1) is 0 Å². The summed E-state index contributed by atoms with van der Waals surface area (Å²) in [4.78, 5) is 97.1. The number of benzene rings is 2. The Kier molecular flexibility index (Phi) is 25.1. The Labute approximate surface area is 442 Å². The summed E-state index contributed by atoms with van der Waals surface area (Å²) in [5.74, 6) is 0.109. The van der Waals surface area contributed by atoms with Crippen LogP contribution in [-0.2, 0) is 54.7 Å². The lowest BCUT2D eigenvalue weighted by Crippen LogP contribution is -2.49. The SMILES string of the molecule is COc1ccccc1CN(CC(=O)N[C@@H](CCSC)C(=O)O)C[C@@H]1CCCN1C(=O)CCc1cnc[nH]1.COc1ccccc1CN(CC(=O)N[C@@H](CCSC)C(=O)O)C[C@@H]1CCCN1C(=O)CCc1cnc[nH]1. The van der Waals surface area contributed by atoms with Crippen LogP contribution in [0.15, 0.2) is 73.6 Å². The summed E-state index contributed by atoms with van der Waals surface area (Å²) in [6.45, 7) is 3.31. The van der Waals surface area contributed by atoms with Gasteiger partial charge in [0.15, 0.2) is 0 Å². The van der Waals surface area contributed by atoms with Crippen molar-refractivity contribution in [3.63, 3.8) is 0 Å². The van der Waals surface area contributed by atoms with Crippen LogP contribution in [0.4, 0.5) is 0 Å². The monoisotopic (exact) mass is 1060 g/mol. The number of aromatic nitrogens is 4. The number of aryl methyl sites for hydroxylation is 2. The number of methoxy groups -OCH3 is 2. The number of carbonyl (C=O) groups is 6. The molecule has 2 aromatic carbocycles. The number of aliphatic carboxylic acids is 2. The first-order chi connectivity index (χ1) is 35.8. The van der Waals surface area contributed by atoms with E-state index < -0.39 is 24.0 Å². The number of H-pyrrole nitrogens is 2. The molecule has 22 heteroatoms. The van der Waals surface area contributed by atoms with Gasteiger partial charge in [-0.2, -0.15) is 23.5 Å². The van der Waals surface area contributed by atoms with Crippen LogP contribution in [0.1, 0.15) is 73.9 Å². The van der Waals surface area contributed by atoms with Crippen molar-refractivity contribution in [1.29, 1.82) is 0 Å². The highest BCUT2D eigenvalue weighted by Crippen LogP contribution is 2.26. The number of carboxylic acids is 2. The molecule has 4 amide bonds. The number of likely N-dealkylation sites (tertiary alicyclic amines) is 2. The number of aromatic amines is 2. The van der Waals surface area contributed by atoms with Crippen molar-refractivity contribution in [2.45, 2.75) is 101 Å². The lowest BCUT2D eigenvalue weighted by molar-refractivity contribution is -0.142. The van der Waals surface area contributed by atoms with Crippen LogP contribution < -0.4 is 20.1 Å². The molecular weight excluding hydrogens is 989 g/mol. The largest absolute Gasteiger partial charge is 0.496 e. The predicted molar refractivity (Wildman–Crippen MR) is 285 cm³/mol. The zero-order chi connectivity index (χ0) is 53.2. The summed E-state index contributed by atoms with van der Waals surface area (Å²) in [7, 11) is 3.21. The second-order valence-corrected chi connectivity index (χ2v) is 20.3. The van der Waals surface area contributed by atoms with Gasteiger partial charge in [-0.05, 0) is 87.5 Å².